The predicted octanol–water partition coefficient (Wildman–Crippen LogP) is 2.58. The van der Waals surface area contributed by atoms with Crippen LogP contribution in [0.2, 0.25) is 0 Å². The van der Waals surface area contributed by atoms with Crippen LogP contribution in [0.3, 0.4) is 0 Å². The zero-order valence-electron chi connectivity index (χ0n) is 10.9. The lowest BCUT2D eigenvalue weighted by molar-refractivity contribution is 0.148. The molecule has 0 aliphatic rings. The Balaban J connectivity index is 1.81. The molecule has 0 radical (unpaired) electrons. The van der Waals surface area contributed by atoms with Gasteiger partial charge in [-0.05, 0) is 43.3 Å². The van der Waals surface area contributed by atoms with Crippen LogP contribution in [0.1, 0.15) is 17.6 Å². The predicted molar refractivity (Wildman–Crippen MR) is 71.8 cm³/mol. The number of amides is 2. The normalized spacial score (nSPS) is 11.9. The van der Waals surface area contributed by atoms with Gasteiger partial charge in [-0.2, -0.15) is 0 Å². The van der Waals surface area contributed by atoms with Crippen molar-refractivity contribution in [3.8, 4) is 0 Å². The molecule has 0 aliphatic heterocycles. The smallest absolute Gasteiger partial charge is 0.319 e. The summed E-state index contributed by atoms with van der Waals surface area (Å²) in [5.74, 6) is 0.707. The standard InChI is InChI=1S/C14H15FN2O3/c1-9-2-7-13(20-9)12(18)8-16-14(19)17-11-5-3-10(15)4-6-11/h2-7,12,18H,8H2,1H3,(H2,16,17,19). The zero-order valence-corrected chi connectivity index (χ0v) is 10.9. The molecule has 2 aromatic rings. The van der Waals surface area contributed by atoms with Gasteiger partial charge in [-0.1, -0.05) is 0 Å². The van der Waals surface area contributed by atoms with Crippen LogP contribution in [0, 0.1) is 12.7 Å². The molecule has 0 spiro atoms. The van der Waals surface area contributed by atoms with Crippen LogP contribution in [0.15, 0.2) is 40.8 Å². The van der Waals surface area contributed by atoms with Crippen molar-refractivity contribution in [3.05, 3.63) is 53.7 Å². The van der Waals surface area contributed by atoms with E-state index >= 15 is 0 Å². The highest BCUT2D eigenvalue weighted by atomic mass is 19.1. The maximum atomic E-state index is 12.7. The SMILES string of the molecule is Cc1ccc(C(O)CNC(=O)Nc2ccc(F)cc2)o1. The lowest BCUT2D eigenvalue weighted by atomic mass is 10.3. The van der Waals surface area contributed by atoms with E-state index in [2.05, 4.69) is 10.6 Å². The molecular formula is C14H15FN2O3. The van der Waals surface area contributed by atoms with E-state index in [-0.39, 0.29) is 12.4 Å². The molecule has 0 fully saturated rings. The van der Waals surface area contributed by atoms with Crippen LogP contribution in [-0.4, -0.2) is 17.7 Å². The number of aliphatic hydroxyl groups excluding tert-OH is 1. The average molecular weight is 278 g/mol. The van der Waals surface area contributed by atoms with E-state index in [9.17, 15) is 14.3 Å². The number of anilines is 1. The highest BCUT2D eigenvalue weighted by Crippen LogP contribution is 2.15. The molecule has 2 amide bonds. The molecule has 1 atom stereocenters. The molecule has 6 heteroatoms. The Morgan fingerprint density at radius 1 is 1.30 bits per heavy atom. The summed E-state index contributed by atoms with van der Waals surface area (Å²) in [5, 5.41) is 14.8. The summed E-state index contributed by atoms with van der Waals surface area (Å²) in [7, 11) is 0. The number of hydrogen-bond donors (Lipinski definition) is 3. The Hall–Kier alpha value is -2.34. The second kappa shape index (κ2) is 6.21. The van der Waals surface area contributed by atoms with Crippen molar-refractivity contribution in [2.45, 2.75) is 13.0 Å². The van der Waals surface area contributed by atoms with Gasteiger partial charge in [0.05, 0.1) is 6.54 Å². The Bertz CT molecular complexity index is 580. The third-order valence-corrected chi connectivity index (χ3v) is 2.65. The van der Waals surface area contributed by atoms with Gasteiger partial charge >= 0.3 is 6.03 Å². The molecule has 1 aromatic carbocycles. The first-order chi connectivity index (χ1) is 9.54. The highest BCUT2D eigenvalue weighted by Gasteiger charge is 2.12. The number of urea groups is 1. The van der Waals surface area contributed by atoms with Gasteiger partial charge in [0.15, 0.2) is 0 Å². The number of halogens is 1. The number of furan rings is 1. The fraction of sp³-hybridized carbons (Fsp3) is 0.214. The van der Waals surface area contributed by atoms with E-state index in [0.717, 1.165) is 0 Å². The molecular weight excluding hydrogens is 263 g/mol. The van der Waals surface area contributed by atoms with Gasteiger partial charge < -0.3 is 20.2 Å². The number of carbonyl (C=O) groups excluding carboxylic acids is 1. The third kappa shape index (κ3) is 3.83. The van der Waals surface area contributed by atoms with Crippen molar-refractivity contribution in [3.63, 3.8) is 0 Å². The van der Waals surface area contributed by atoms with E-state index in [0.29, 0.717) is 17.2 Å². The molecule has 1 aromatic heterocycles. The first-order valence-corrected chi connectivity index (χ1v) is 6.09. The summed E-state index contributed by atoms with van der Waals surface area (Å²) < 4.78 is 17.9. The van der Waals surface area contributed by atoms with Crippen LogP contribution in [0.25, 0.3) is 0 Å². The third-order valence-electron chi connectivity index (χ3n) is 2.65. The average Bonchev–Trinajstić information content (AvgIpc) is 2.85. The Morgan fingerprint density at radius 2 is 2.00 bits per heavy atom. The van der Waals surface area contributed by atoms with Gasteiger partial charge in [0.25, 0.3) is 0 Å². The number of carbonyl (C=O) groups is 1. The van der Waals surface area contributed by atoms with Gasteiger partial charge in [0.1, 0.15) is 23.4 Å². The molecule has 1 unspecified atom stereocenters. The van der Waals surface area contributed by atoms with E-state index in [4.69, 9.17) is 4.42 Å². The van der Waals surface area contributed by atoms with Crippen molar-refractivity contribution >= 4 is 11.7 Å². The maximum absolute atomic E-state index is 12.7. The second-order valence-corrected chi connectivity index (χ2v) is 4.31. The van der Waals surface area contributed by atoms with E-state index in [1.54, 1.807) is 19.1 Å². The first kappa shape index (κ1) is 14.1. The summed E-state index contributed by atoms with van der Waals surface area (Å²) in [4.78, 5) is 11.6. The Kier molecular flexibility index (Phi) is 4.37. The summed E-state index contributed by atoms with van der Waals surface area (Å²) in [6, 6.07) is 8.28. The molecule has 0 bridgehead atoms. The minimum Gasteiger partial charge on any atom is -0.464 e. The van der Waals surface area contributed by atoms with E-state index in [1.807, 2.05) is 0 Å². The van der Waals surface area contributed by atoms with Gasteiger partial charge in [0.2, 0.25) is 0 Å². The lowest BCUT2D eigenvalue weighted by Gasteiger charge is -2.10. The van der Waals surface area contributed by atoms with Crippen molar-refractivity contribution in [1.82, 2.24) is 5.32 Å². The molecule has 0 aliphatic carbocycles. The van der Waals surface area contributed by atoms with Crippen molar-refractivity contribution in [1.29, 1.82) is 0 Å². The first-order valence-electron chi connectivity index (χ1n) is 6.09. The van der Waals surface area contributed by atoms with Gasteiger partial charge in [-0.3, -0.25) is 0 Å². The summed E-state index contributed by atoms with van der Waals surface area (Å²) in [5.41, 5.74) is 0.465. The maximum Gasteiger partial charge on any atom is 0.319 e. The fourth-order valence-electron chi connectivity index (χ4n) is 1.63. The monoisotopic (exact) mass is 278 g/mol. The number of rotatable bonds is 4. The van der Waals surface area contributed by atoms with E-state index < -0.39 is 12.1 Å². The number of hydrogen-bond acceptors (Lipinski definition) is 3. The summed E-state index contributed by atoms with van der Waals surface area (Å²) in [6.45, 7) is 1.78. The van der Waals surface area contributed by atoms with Gasteiger partial charge in [-0.25, -0.2) is 9.18 Å². The van der Waals surface area contributed by atoms with Crippen LogP contribution >= 0.6 is 0 Å². The summed E-state index contributed by atoms with van der Waals surface area (Å²) >= 11 is 0. The molecule has 0 saturated heterocycles. The number of aliphatic hydroxyl groups is 1. The number of aryl methyl sites for hydroxylation is 1. The zero-order chi connectivity index (χ0) is 14.5. The number of benzene rings is 1. The van der Waals surface area contributed by atoms with Crippen molar-refractivity contribution in [2.24, 2.45) is 0 Å². The largest absolute Gasteiger partial charge is 0.464 e. The highest BCUT2D eigenvalue weighted by molar-refractivity contribution is 5.89. The second-order valence-electron chi connectivity index (χ2n) is 4.31. The van der Waals surface area contributed by atoms with Crippen molar-refractivity contribution in [2.75, 3.05) is 11.9 Å². The molecule has 106 valence electrons. The number of nitrogens with one attached hydrogen (secondary N) is 2. The van der Waals surface area contributed by atoms with E-state index in [1.165, 1.54) is 24.3 Å². The van der Waals surface area contributed by atoms with Crippen LogP contribution < -0.4 is 10.6 Å². The molecule has 20 heavy (non-hydrogen) atoms. The van der Waals surface area contributed by atoms with Crippen molar-refractivity contribution < 1.29 is 18.7 Å². The quantitative estimate of drug-likeness (QED) is 0.804. The summed E-state index contributed by atoms with van der Waals surface area (Å²) in [6.07, 6.45) is -0.914. The fourth-order valence-corrected chi connectivity index (χ4v) is 1.63. The molecule has 5 nitrogen and oxygen atoms in total. The van der Waals surface area contributed by atoms with Gasteiger partial charge in [-0.15, -0.1) is 0 Å². The topological polar surface area (TPSA) is 74.5 Å². The van der Waals surface area contributed by atoms with Gasteiger partial charge in [0, 0.05) is 5.69 Å². The minimum absolute atomic E-state index is 0.0139. The van der Waals surface area contributed by atoms with Crippen LogP contribution in [0.4, 0.5) is 14.9 Å². The molecule has 0 saturated carbocycles. The minimum atomic E-state index is -0.914. The molecule has 3 N–H and O–H groups in total. The lowest BCUT2D eigenvalue weighted by Crippen LogP contribution is -2.32. The Labute approximate surface area is 115 Å². The molecule has 2 rings (SSSR count). The molecule has 1 heterocycles. The van der Waals surface area contributed by atoms with Crippen LogP contribution in [0.5, 0.6) is 0 Å². The van der Waals surface area contributed by atoms with Crippen LogP contribution in [-0.2, 0) is 0 Å². The Morgan fingerprint density at radius 3 is 2.60 bits per heavy atom.